The summed E-state index contributed by atoms with van der Waals surface area (Å²) in [5, 5.41) is 3.33. The van der Waals surface area contributed by atoms with Gasteiger partial charge in [0.05, 0.1) is 22.2 Å². The van der Waals surface area contributed by atoms with Crippen LogP contribution < -0.4 is 10.0 Å². The molecule has 9 heteroatoms. The lowest BCUT2D eigenvalue weighted by Gasteiger charge is -2.10. The molecule has 28 heavy (non-hydrogen) atoms. The maximum absolute atomic E-state index is 12.4. The highest BCUT2D eigenvalue weighted by Crippen LogP contribution is 2.16. The zero-order chi connectivity index (χ0) is 20.3. The van der Waals surface area contributed by atoms with Gasteiger partial charge >= 0.3 is 0 Å². The molecule has 0 aliphatic rings. The summed E-state index contributed by atoms with van der Waals surface area (Å²) in [6.07, 6.45) is 3.55. The Morgan fingerprint density at radius 3 is 2.75 bits per heavy atom. The van der Waals surface area contributed by atoms with Crippen molar-refractivity contribution in [1.29, 1.82) is 0 Å². The normalized spacial score (nSPS) is 11.7. The summed E-state index contributed by atoms with van der Waals surface area (Å²) in [6.45, 7) is 3.84. The first-order valence-corrected chi connectivity index (χ1v) is 10.6. The number of fused-ring (bicyclic) bond motifs is 1. The minimum Gasteiger partial charge on any atom is -0.350 e. The summed E-state index contributed by atoms with van der Waals surface area (Å²) in [5.74, 6) is -0.265. The molecular weight excluding hydrogens is 400 g/mol. The highest BCUT2D eigenvalue weighted by molar-refractivity contribution is 7.89. The number of rotatable bonds is 7. The number of sulfonamides is 1. The predicted octanol–water partition coefficient (Wildman–Crippen LogP) is 2.59. The van der Waals surface area contributed by atoms with Crippen molar-refractivity contribution in [3.05, 3.63) is 64.6 Å². The fourth-order valence-electron chi connectivity index (χ4n) is 2.75. The van der Waals surface area contributed by atoms with Gasteiger partial charge in [-0.15, -0.1) is 0 Å². The van der Waals surface area contributed by atoms with Crippen LogP contribution in [0.3, 0.4) is 0 Å². The van der Waals surface area contributed by atoms with E-state index in [0.29, 0.717) is 16.3 Å². The fourth-order valence-corrected chi connectivity index (χ4v) is 4.28. The Bertz CT molecular complexity index is 1130. The molecule has 0 saturated carbocycles. The third kappa shape index (κ3) is 4.89. The lowest BCUT2D eigenvalue weighted by molar-refractivity contribution is -0.121. The molecular formula is C19H21ClN4O3S. The Kier molecular flexibility index (Phi) is 6.02. The van der Waals surface area contributed by atoms with Gasteiger partial charge in [0.15, 0.2) is 0 Å². The summed E-state index contributed by atoms with van der Waals surface area (Å²) in [4.78, 5) is 16.6. The summed E-state index contributed by atoms with van der Waals surface area (Å²) >= 11 is 5.94. The van der Waals surface area contributed by atoms with Crippen LogP contribution in [0, 0.1) is 13.8 Å². The van der Waals surface area contributed by atoms with E-state index in [1.165, 1.54) is 0 Å². The van der Waals surface area contributed by atoms with E-state index in [2.05, 4.69) is 15.0 Å². The average Bonchev–Trinajstić information content (AvgIpc) is 3.03. The first kappa shape index (κ1) is 20.3. The van der Waals surface area contributed by atoms with E-state index in [4.69, 9.17) is 11.6 Å². The summed E-state index contributed by atoms with van der Waals surface area (Å²) in [5.41, 5.74) is 2.94. The van der Waals surface area contributed by atoms with Crippen molar-refractivity contribution in [2.45, 2.75) is 31.7 Å². The molecule has 7 nitrogen and oxygen atoms in total. The highest BCUT2D eigenvalue weighted by Gasteiger charge is 2.17. The Hall–Kier alpha value is -2.42. The number of benzene rings is 1. The van der Waals surface area contributed by atoms with Crippen LogP contribution in [0.15, 0.2) is 47.6 Å². The van der Waals surface area contributed by atoms with Crippen molar-refractivity contribution >= 4 is 33.2 Å². The lowest BCUT2D eigenvalue weighted by atomic mass is 10.2. The van der Waals surface area contributed by atoms with E-state index < -0.39 is 10.0 Å². The van der Waals surface area contributed by atoms with E-state index >= 15 is 0 Å². The number of pyridine rings is 1. The van der Waals surface area contributed by atoms with Gasteiger partial charge in [-0.05, 0) is 43.2 Å². The van der Waals surface area contributed by atoms with Crippen molar-refractivity contribution in [2.24, 2.45) is 0 Å². The molecule has 148 valence electrons. The average molecular weight is 421 g/mol. The molecule has 0 spiro atoms. The zero-order valence-corrected chi connectivity index (χ0v) is 17.1. The molecule has 0 fully saturated rings. The van der Waals surface area contributed by atoms with Crippen LogP contribution >= 0.6 is 11.6 Å². The molecule has 2 heterocycles. The number of nitrogens with one attached hydrogen (secondary N) is 2. The maximum atomic E-state index is 12.4. The number of nitrogens with zero attached hydrogens (tertiary/aromatic N) is 2. The van der Waals surface area contributed by atoms with Gasteiger partial charge in [0, 0.05) is 25.4 Å². The van der Waals surface area contributed by atoms with Gasteiger partial charge in [-0.3, -0.25) is 4.79 Å². The molecule has 0 saturated heterocycles. The Balaban J connectivity index is 1.51. The summed E-state index contributed by atoms with van der Waals surface area (Å²) in [6, 6.07) is 8.77. The van der Waals surface area contributed by atoms with Crippen LogP contribution in [-0.4, -0.2) is 30.3 Å². The molecule has 0 aliphatic heterocycles. The smallest absolute Gasteiger partial charge is 0.240 e. The number of hydrogen-bond acceptors (Lipinski definition) is 4. The molecule has 2 aromatic heterocycles. The zero-order valence-electron chi connectivity index (χ0n) is 15.6. The van der Waals surface area contributed by atoms with E-state index in [9.17, 15) is 13.2 Å². The second kappa shape index (κ2) is 8.30. The predicted molar refractivity (Wildman–Crippen MR) is 108 cm³/mol. The minimum absolute atomic E-state index is 0.0162. The van der Waals surface area contributed by atoms with Crippen molar-refractivity contribution in [2.75, 3.05) is 6.54 Å². The Labute approximate surface area is 168 Å². The Morgan fingerprint density at radius 1 is 1.18 bits per heavy atom. The molecule has 3 rings (SSSR count). The second-order valence-electron chi connectivity index (χ2n) is 6.54. The topological polar surface area (TPSA) is 92.6 Å². The quantitative estimate of drug-likeness (QED) is 0.614. The number of halogens is 1. The molecule has 0 atom stereocenters. The van der Waals surface area contributed by atoms with Crippen molar-refractivity contribution in [1.82, 2.24) is 19.4 Å². The molecule has 1 amide bonds. The van der Waals surface area contributed by atoms with E-state index in [-0.39, 0.29) is 30.3 Å². The van der Waals surface area contributed by atoms with E-state index in [1.807, 2.05) is 13.0 Å². The number of carbonyl (C=O) groups is 1. The van der Waals surface area contributed by atoms with Gasteiger partial charge in [0.1, 0.15) is 5.65 Å². The third-order valence-electron chi connectivity index (χ3n) is 4.21. The van der Waals surface area contributed by atoms with Gasteiger partial charge in [-0.1, -0.05) is 23.7 Å². The number of carbonyl (C=O) groups excluding carboxylic acids is 1. The van der Waals surface area contributed by atoms with E-state index in [0.717, 1.165) is 11.2 Å². The van der Waals surface area contributed by atoms with Gasteiger partial charge < -0.3 is 9.72 Å². The van der Waals surface area contributed by atoms with Crippen LogP contribution in [-0.2, 0) is 21.4 Å². The standard InChI is InChI=1S/C19H21ClN4O3S/c1-13-3-4-14(2)17(9-13)28(26,27)22-8-7-19(25)21-10-16-12-24-11-15(20)5-6-18(24)23-16/h3-6,9,11-12,22H,7-8,10H2,1-2H3,(H,21,25). The molecule has 0 bridgehead atoms. The van der Waals surface area contributed by atoms with Gasteiger partial charge in [0.25, 0.3) is 0 Å². The van der Waals surface area contributed by atoms with Crippen LogP contribution in [0.4, 0.5) is 0 Å². The molecule has 3 aromatic rings. The largest absolute Gasteiger partial charge is 0.350 e. The third-order valence-corrected chi connectivity index (χ3v) is 6.04. The van der Waals surface area contributed by atoms with Crippen molar-refractivity contribution in [3.8, 4) is 0 Å². The van der Waals surface area contributed by atoms with Gasteiger partial charge in [-0.2, -0.15) is 0 Å². The van der Waals surface area contributed by atoms with Crippen LogP contribution in [0.5, 0.6) is 0 Å². The number of amides is 1. The van der Waals surface area contributed by atoms with Crippen LogP contribution in [0.2, 0.25) is 5.02 Å². The first-order chi connectivity index (χ1) is 13.2. The number of hydrogen-bond donors (Lipinski definition) is 2. The minimum atomic E-state index is -3.66. The fraction of sp³-hybridized carbons (Fsp3) is 0.263. The molecule has 2 N–H and O–H groups in total. The molecule has 0 radical (unpaired) electrons. The summed E-state index contributed by atoms with van der Waals surface area (Å²) < 4.78 is 29.1. The molecule has 0 unspecified atom stereocenters. The lowest BCUT2D eigenvalue weighted by Crippen LogP contribution is -2.31. The monoisotopic (exact) mass is 420 g/mol. The maximum Gasteiger partial charge on any atom is 0.240 e. The molecule has 1 aromatic carbocycles. The summed E-state index contributed by atoms with van der Waals surface area (Å²) in [7, 11) is -3.66. The van der Waals surface area contributed by atoms with Crippen molar-refractivity contribution < 1.29 is 13.2 Å². The second-order valence-corrected chi connectivity index (χ2v) is 8.71. The van der Waals surface area contributed by atoms with Crippen LogP contribution in [0.25, 0.3) is 5.65 Å². The van der Waals surface area contributed by atoms with E-state index in [1.54, 1.807) is 48.0 Å². The number of imidazole rings is 1. The highest BCUT2D eigenvalue weighted by atomic mass is 35.5. The van der Waals surface area contributed by atoms with Crippen LogP contribution in [0.1, 0.15) is 23.2 Å². The number of aryl methyl sites for hydroxylation is 2. The van der Waals surface area contributed by atoms with Crippen molar-refractivity contribution in [3.63, 3.8) is 0 Å². The van der Waals surface area contributed by atoms with Gasteiger partial charge in [-0.25, -0.2) is 18.1 Å². The van der Waals surface area contributed by atoms with Gasteiger partial charge in [0.2, 0.25) is 15.9 Å². The first-order valence-electron chi connectivity index (χ1n) is 8.71. The Morgan fingerprint density at radius 2 is 1.96 bits per heavy atom. The SMILES string of the molecule is Cc1ccc(C)c(S(=O)(=O)NCCC(=O)NCc2cn3cc(Cl)ccc3n2)c1. The molecule has 0 aliphatic carbocycles. The number of aromatic nitrogens is 2.